The largest absolute Gasteiger partial charge is 0.356 e. The summed E-state index contributed by atoms with van der Waals surface area (Å²) in [5.41, 5.74) is 0.865. The van der Waals surface area contributed by atoms with Gasteiger partial charge in [-0.25, -0.2) is 4.98 Å². The van der Waals surface area contributed by atoms with Crippen LogP contribution in [0.2, 0.25) is 0 Å². The molecule has 2 rings (SSSR count). The van der Waals surface area contributed by atoms with Crippen LogP contribution in [-0.2, 0) is 11.2 Å². The Morgan fingerprint density at radius 3 is 2.95 bits per heavy atom. The second kappa shape index (κ2) is 8.17. The van der Waals surface area contributed by atoms with Gasteiger partial charge >= 0.3 is 0 Å². The first-order valence-corrected chi connectivity index (χ1v) is 8.80. The molecule has 0 atom stereocenters. The topological polar surface area (TPSA) is 42.0 Å². The van der Waals surface area contributed by atoms with Gasteiger partial charge in [0, 0.05) is 11.9 Å². The van der Waals surface area contributed by atoms with Crippen molar-refractivity contribution in [3.63, 3.8) is 0 Å². The molecule has 0 aliphatic carbocycles. The fourth-order valence-electron chi connectivity index (χ4n) is 1.91. The van der Waals surface area contributed by atoms with Crippen LogP contribution in [0.4, 0.5) is 0 Å². The summed E-state index contributed by atoms with van der Waals surface area (Å²) in [6, 6.07) is 4.07. The Labute approximate surface area is 128 Å². The molecule has 3 nitrogen and oxygen atoms in total. The Morgan fingerprint density at radius 1 is 1.30 bits per heavy atom. The van der Waals surface area contributed by atoms with Gasteiger partial charge in [-0.15, -0.1) is 22.7 Å². The minimum atomic E-state index is 0.0736. The van der Waals surface area contributed by atoms with E-state index in [1.54, 1.807) is 22.7 Å². The van der Waals surface area contributed by atoms with Crippen molar-refractivity contribution >= 4 is 28.6 Å². The minimum absolute atomic E-state index is 0.0736. The number of thiophene rings is 1. The molecule has 0 aromatic carbocycles. The maximum Gasteiger partial charge on any atom is 0.226 e. The molecule has 2 aromatic heterocycles. The van der Waals surface area contributed by atoms with Gasteiger partial charge in [0.05, 0.1) is 17.0 Å². The summed E-state index contributed by atoms with van der Waals surface area (Å²) in [5.74, 6) is 0.0736. The van der Waals surface area contributed by atoms with Crippen molar-refractivity contribution in [2.75, 3.05) is 6.54 Å². The number of amides is 1. The lowest BCUT2D eigenvalue weighted by Gasteiger charge is -2.03. The molecule has 0 radical (unpaired) electrons. The second-order valence-corrected chi connectivity index (χ2v) is 6.51. The molecule has 20 heavy (non-hydrogen) atoms. The molecule has 0 aliphatic rings. The van der Waals surface area contributed by atoms with Crippen molar-refractivity contribution in [1.82, 2.24) is 10.3 Å². The Balaban J connectivity index is 1.74. The van der Waals surface area contributed by atoms with Crippen molar-refractivity contribution in [3.8, 4) is 9.88 Å². The van der Waals surface area contributed by atoms with Gasteiger partial charge in [0.1, 0.15) is 5.01 Å². The molecule has 0 fully saturated rings. The summed E-state index contributed by atoms with van der Waals surface area (Å²) in [7, 11) is 0. The summed E-state index contributed by atoms with van der Waals surface area (Å²) in [6.45, 7) is 2.97. The quantitative estimate of drug-likeness (QED) is 0.746. The number of thiazole rings is 1. The molecule has 0 spiro atoms. The van der Waals surface area contributed by atoms with E-state index in [-0.39, 0.29) is 5.91 Å². The molecule has 2 heterocycles. The lowest BCUT2D eigenvalue weighted by atomic mass is 10.2. The zero-order chi connectivity index (χ0) is 14.2. The van der Waals surface area contributed by atoms with Crippen LogP contribution in [0.1, 0.15) is 38.3 Å². The highest BCUT2D eigenvalue weighted by Crippen LogP contribution is 2.27. The molecule has 0 saturated heterocycles. The van der Waals surface area contributed by atoms with E-state index in [1.165, 1.54) is 24.1 Å². The number of hydrogen-bond donors (Lipinski definition) is 1. The Morgan fingerprint density at radius 2 is 2.20 bits per heavy atom. The first-order valence-electron chi connectivity index (χ1n) is 7.04. The lowest BCUT2D eigenvalue weighted by Crippen LogP contribution is -2.26. The number of nitrogens with one attached hydrogen (secondary N) is 1. The van der Waals surface area contributed by atoms with E-state index in [0.717, 1.165) is 23.7 Å². The van der Waals surface area contributed by atoms with Crippen LogP contribution >= 0.6 is 22.7 Å². The van der Waals surface area contributed by atoms with E-state index in [1.807, 2.05) is 16.8 Å². The first kappa shape index (κ1) is 15.2. The smallest absolute Gasteiger partial charge is 0.226 e. The van der Waals surface area contributed by atoms with E-state index in [2.05, 4.69) is 23.3 Å². The van der Waals surface area contributed by atoms with Gasteiger partial charge < -0.3 is 5.32 Å². The summed E-state index contributed by atoms with van der Waals surface area (Å²) in [5, 5.41) is 7.99. The highest BCUT2D eigenvalue weighted by molar-refractivity contribution is 7.20. The molecule has 1 N–H and O–H groups in total. The molecular weight excluding hydrogens is 288 g/mol. The van der Waals surface area contributed by atoms with Crippen LogP contribution in [-0.4, -0.2) is 17.4 Å². The third kappa shape index (κ3) is 4.72. The van der Waals surface area contributed by atoms with Crippen molar-refractivity contribution in [1.29, 1.82) is 0 Å². The van der Waals surface area contributed by atoms with E-state index < -0.39 is 0 Å². The molecule has 0 aliphatic heterocycles. The number of nitrogens with zero attached hydrogens (tertiary/aromatic N) is 1. The Kier molecular flexibility index (Phi) is 6.21. The third-order valence-corrected chi connectivity index (χ3v) is 4.91. The fraction of sp³-hybridized carbons (Fsp3) is 0.467. The SMILES string of the molecule is CCCCCCNC(=O)Cc1csc(-c2cccs2)n1. The predicted molar refractivity (Wildman–Crippen MR) is 86.3 cm³/mol. The van der Waals surface area contributed by atoms with Crippen LogP contribution in [0.5, 0.6) is 0 Å². The van der Waals surface area contributed by atoms with E-state index >= 15 is 0 Å². The molecular formula is C15H20N2OS2. The monoisotopic (exact) mass is 308 g/mol. The molecule has 0 unspecified atom stereocenters. The van der Waals surface area contributed by atoms with E-state index in [9.17, 15) is 4.79 Å². The maximum atomic E-state index is 11.8. The number of carbonyl (C=O) groups is 1. The first-order chi connectivity index (χ1) is 9.79. The molecule has 108 valence electrons. The standard InChI is InChI=1S/C15H20N2OS2/c1-2-3-4-5-8-16-14(18)10-12-11-20-15(17-12)13-7-6-9-19-13/h6-7,9,11H,2-5,8,10H2,1H3,(H,16,18). The number of aromatic nitrogens is 1. The van der Waals surface area contributed by atoms with Crippen molar-refractivity contribution in [2.24, 2.45) is 0 Å². The summed E-state index contributed by atoms with van der Waals surface area (Å²) in [6.07, 6.45) is 5.10. The average Bonchev–Trinajstić information content (AvgIpc) is 3.08. The summed E-state index contributed by atoms with van der Waals surface area (Å²) >= 11 is 3.28. The van der Waals surface area contributed by atoms with Gasteiger partial charge in [-0.1, -0.05) is 32.3 Å². The third-order valence-electron chi connectivity index (χ3n) is 2.98. The molecule has 1 amide bonds. The van der Waals surface area contributed by atoms with Gasteiger partial charge in [-0.2, -0.15) is 0 Å². The summed E-state index contributed by atoms with van der Waals surface area (Å²) < 4.78 is 0. The number of hydrogen-bond acceptors (Lipinski definition) is 4. The van der Waals surface area contributed by atoms with Gasteiger partial charge in [0.25, 0.3) is 0 Å². The zero-order valence-corrected chi connectivity index (χ0v) is 13.4. The van der Waals surface area contributed by atoms with Crippen LogP contribution < -0.4 is 5.32 Å². The molecule has 0 bridgehead atoms. The van der Waals surface area contributed by atoms with Crippen LogP contribution in [0.25, 0.3) is 9.88 Å². The lowest BCUT2D eigenvalue weighted by molar-refractivity contribution is -0.120. The van der Waals surface area contributed by atoms with Gasteiger partial charge in [-0.3, -0.25) is 4.79 Å². The number of unbranched alkanes of at least 4 members (excludes halogenated alkanes) is 3. The van der Waals surface area contributed by atoms with E-state index in [4.69, 9.17) is 0 Å². The highest BCUT2D eigenvalue weighted by atomic mass is 32.1. The van der Waals surface area contributed by atoms with Crippen molar-refractivity contribution in [3.05, 3.63) is 28.6 Å². The molecule has 5 heteroatoms. The van der Waals surface area contributed by atoms with Crippen molar-refractivity contribution in [2.45, 2.75) is 39.0 Å². The molecule has 2 aromatic rings. The predicted octanol–water partition coefficient (Wildman–Crippen LogP) is 4.11. The fourth-order valence-corrected chi connectivity index (χ4v) is 3.54. The van der Waals surface area contributed by atoms with Crippen LogP contribution in [0.15, 0.2) is 22.9 Å². The number of rotatable bonds is 8. The minimum Gasteiger partial charge on any atom is -0.356 e. The average molecular weight is 308 g/mol. The normalized spacial score (nSPS) is 10.7. The second-order valence-electron chi connectivity index (χ2n) is 4.71. The zero-order valence-electron chi connectivity index (χ0n) is 11.7. The van der Waals surface area contributed by atoms with Crippen molar-refractivity contribution < 1.29 is 4.79 Å². The van der Waals surface area contributed by atoms with Gasteiger partial charge in [0.2, 0.25) is 5.91 Å². The van der Waals surface area contributed by atoms with Gasteiger partial charge in [-0.05, 0) is 17.9 Å². The van der Waals surface area contributed by atoms with Crippen LogP contribution in [0.3, 0.4) is 0 Å². The maximum absolute atomic E-state index is 11.8. The molecule has 0 saturated carbocycles. The van der Waals surface area contributed by atoms with Gasteiger partial charge in [0.15, 0.2) is 0 Å². The highest BCUT2D eigenvalue weighted by Gasteiger charge is 2.09. The number of carbonyl (C=O) groups excluding carboxylic acids is 1. The Hall–Kier alpha value is -1.20. The Bertz CT molecular complexity index is 520. The summed E-state index contributed by atoms with van der Waals surface area (Å²) in [4.78, 5) is 17.5. The van der Waals surface area contributed by atoms with E-state index in [0.29, 0.717) is 6.42 Å². The van der Waals surface area contributed by atoms with Crippen LogP contribution in [0, 0.1) is 0 Å².